The van der Waals surface area contributed by atoms with Crippen molar-refractivity contribution in [2.75, 3.05) is 7.11 Å². The Morgan fingerprint density at radius 1 is 1.21 bits per heavy atom. The second-order valence-electron chi connectivity index (χ2n) is 7.40. The van der Waals surface area contributed by atoms with Crippen LogP contribution < -0.4 is 10.1 Å². The van der Waals surface area contributed by atoms with Crippen LogP contribution in [-0.2, 0) is 9.59 Å². The zero-order valence-electron chi connectivity index (χ0n) is 15.3. The van der Waals surface area contributed by atoms with Crippen molar-refractivity contribution in [1.29, 1.82) is 0 Å². The molecule has 0 radical (unpaired) electrons. The number of methoxy groups -OCH3 is 1. The van der Waals surface area contributed by atoms with Gasteiger partial charge in [0, 0.05) is 12.0 Å². The van der Waals surface area contributed by atoms with E-state index in [0.717, 1.165) is 17.7 Å². The first-order chi connectivity index (χ1) is 11.1. The first-order valence-corrected chi connectivity index (χ1v) is 8.28. The van der Waals surface area contributed by atoms with E-state index in [4.69, 9.17) is 9.84 Å². The van der Waals surface area contributed by atoms with Gasteiger partial charge in [-0.15, -0.1) is 0 Å². The molecular formula is C19H29NO4. The van der Waals surface area contributed by atoms with Gasteiger partial charge in [-0.1, -0.05) is 45.9 Å². The van der Waals surface area contributed by atoms with Crippen molar-refractivity contribution in [2.45, 2.75) is 53.0 Å². The van der Waals surface area contributed by atoms with Crippen molar-refractivity contribution in [1.82, 2.24) is 5.32 Å². The number of rotatable bonds is 9. The van der Waals surface area contributed by atoms with E-state index in [9.17, 15) is 9.59 Å². The Bertz CT molecular complexity index is 566. The maximum absolute atomic E-state index is 12.5. The number of hydrogen-bond acceptors (Lipinski definition) is 3. The van der Waals surface area contributed by atoms with E-state index in [1.54, 1.807) is 21.0 Å². The van der Waals surface area contributed by atoms with Crippen LogP contribution in [0.4, 0.5) is 0 Å². The van der Waals surface area contributed by atoms with Crippen molar-refractivity contribution >= 4 is 11.9 Å². The van der Waals surface area contributed by atoms with Crippen LogP contribution >= 0.6 is 0 Å². The van der Waals surface area contributed by atoms with Gasteiger partial charge in [0.2, 0.25) is 5.91 Å². The summed E-state index contributed by atoms with van der Waals surface area (Å²) in [5, 5.41) is 12.0. The van der Waals surface area contributed by atoms with Crippen LogP contribution in [0.3, 0.4) is 0 Å². The minimum absolute atomic E-state index is 0.0378. The molecule has 1 amide bonds. The zero-order chi connectivity index (χ0) is 18.3. The summed E-state index contributed by atoms with van der Waals surface area (Å²) in [5.74, 6) is 0.106. The van der Waals surface area contributed by atoms with Crippen molar-refractivity contribution in [3.05, 3.63) is 29.8 Å². The summed E-state index contributed by atoms with van der Waals surface area (Å²) < 4.78 is 5.41. The predicted octanol–water partition coefficient (Wildman–Crippen LogP) is 3.79. The summed E-state index contributed by atoms with van der Waals surface area (Å²) in [6.45, 7) is 7.79. The number of carbonyl (C=O) groups is 2. The minimum atomic E-state index is -0.892. The molecule has 1 aromatic rings. The van der Waals surface area contributed by atoms with Crippen LogP contribution in [0.2, 0.25) is 0 Å². The number of amides is 1. The monoisotopic (exact) mass is 335 g/mol. The van der Waals surface area contributed by atoms with E-state index in [1.807, 2.05) is 24.3 Å². The van der Waals surface area contributed by atoms with Crippen LogP contribution in [0.15, 0.2) is 24.3 Å². The highest BCUT2D eigenvalue weighted by Gasteiger charge is 2.27. The van der Waals surface area contributed by atoms with E-state index < -0.39 is 11.4 Å². The van der Waals surface area contributed by atoms with Gasteiger partial charge in [0.25, 0.3) is 0 Å². The molecule has 0 aliphatic heterocycles. The van der Waals surface area contributed by atoms with E-state index in [-0.39, 0.29) is 24.8 Å². The van der Waals surface area contributed by atoms with E-state index in [0.29, 0.717) is 5.92 Å². The van der Waals surface area contributed by atoms with Crippen molar-refractivity contribution in [2.24, 2.45) is 11.3 Å². The molecule has 2 N–H and O–H groups in total. The fourth-order valence-electron chi connectivity index (χ4n) is 2.84. The smallest absolute Gasteiger partial charge is 0.303 e. The van der Waals surface area contributed by atoms with Gasteiger partial charge in [-0.2, -0.15) is 0 Å². The fourth-order valence-corrected chi connectivity index (χ4v) is 2.84. The van der Waals surface area contributed by atoms with E-state index >= 15 is 0 Å². The van der Waals surface area contributed by atoms with Crippen LogP contribution in [0.1, 0.15) is 58.6 Å². The second kappa shape index (κ2) is 8.71. The van der Waals surface area contributed by atoms with Gasteiger partial charge < -0.3 is 15.2 Å². The molecule has 1 unspecified atom stereocenters. The molecule has 0 spiro atoms. The number of nitrogens with one attached hydrogen (secondary N) is 1. The predicted molar refractivity (Wildman–Crippen MR) is 94.0 cm³/mol. The second-order valence-corrected chi connectivity index (χ2v) is 7.40. The maximum Gasteiger partial charge on any atom is 0.303 e. The summed E-state index contributed by atoms with van der Waals surface area (Å²) >= 11 is 0. The third-order valence-corrected chi connectivity index (χ3v) is 3.83. The highest BCUT2D eigenvalue weighted by Crippen LogP contribution is 2.31. The topological polar surface area (TPSA) is 75.6 Å². The van der Waals surface area contributed by atoms with Gasteiger partial charge >= 0.3 is 5.97 Å². The molecule has 0 aliphatic carbocycles. The first kappa shape index (κ1) is 20.0. The Hall–Kier alpha value is -2.04. The van der Waals surface area contributed by atoms with Crippen LogP contribution in [0.5, 0.6) is 5.75 Å². The van der Waals surface area contributed by atoms with Crippen molar-refractivity contribution in [3.63, 3.8) is 0 Å². The summed E-state index contributed by atoms with van der Waals surface area (Å²) in [7, 11) is 1.61. The number of benzene rings is 1. The quantitative estimate of drug-likeness (QED) is 0.720. The average molecular weight is 335 g/mol. The zero-order valence-corrected chi connectivity index (χ0v) is 15.3. The molecule has 5 heteroatoms. The molecule has 0 aliphatic rings. The third-order valence-electron chi connectivity index (χ3n) is 3.83. The molecule has 0 aromatic heterocycles. The summed E-state index contributed by atoms with van der Waals surface area (Å²) in [4.78, 5) is 23.4. The highest BCUT2D eigenvalue weighted by molar-refractivity contribution is 5.78. The number of carboxylic acids is 1. The molecule has 5 nitrogen and oxygen atoms in total. The van der Waals surface area contributed by atoms with Gasteiger partial charge in [-0.05, 0) is 23.8 Å². The maximum atomic E-state index is 12.5. The molecule has 0 heterocycles. The Morgan fingerprint density at radius 3 is 2.38 bits per heavy atom. The van der Waals surface area contributed by atoms with Gasteiger partial charge in [-0.25, -0.2) is 0 Å². The molecule has 1 rings (SSSR count). The molecule has 1 aromatic carbocycles. The molecule has 134 valence electrons. The van der Waals surface area contributed by atoms with Crippen molar-refractivity contribution in [3.8, 4) is 5.75 Å². The van der Waals surface area contributed by atoms with Crippen molar-refractivity contribution < 1.29 is 19.4 Å². The Kier molecular flexibility index (Phi) is 7.26. The molecule has 0 bridgehead atoms. The van der Waals surface area contributed by atoms with E-state index in [1.165, 1.54) is 0 Å². The molecule has 1 atom stereocenters. The number of hydrogen-bond donors (Lipinski definition) is 2. The molecule has 0 saturated heterocycles. The third kappa shape index (κ3) is 6.60. The van der Waals surface area contributed by atoms with E-state index in [2.05, 4.69) is 19.2 Å². The largest absolute Gasteiger partial charge is 0.496 e. The Balaban J connectivity index is 2.90. The number of para-hydroxylation sites is 1. The number of carbonyl (C=O) groups excluding carboxylic acids is 1. The standard InChI is InChI=1S/C19H29NO4/c1-13(2)10-15(14-8-6-7-9-16(14)24-5)20-17(21)11-19(3,4)12-18(22)23/h6-9,13,15H,10-12H2,1-5H3,(H,20,21)(H,22,23). The van der Waals surface area contributed by atoms with Gasteiger partial charge in [0.05, 0.1) is 19.6 Å². The number of ether oxygens (including phenoxy) is 1. The SMILES string of the molecule is COc1ccccc1C(CC(C)C)NC(=O)CC(C)(C)CC(=O)O. The highest BCUT2D eigenvalue weighted by atomic mass is 16.5. The number of aliphatic carboxylic acids is 1. The Morgan fingerprint density at radius 2 is 1.83 bits per heavy atom. The van der Waals surface area contributed by atoms with Gasteiger partial charge in [-0.3, -0.25) is 9.59 Å². The lowest BCUT2D eigenvalue weighted by atomic mass is 9.85. The molecule has 0 fully saturated rings. The fraction of sp³-hybridized carbons (Fsp3) is 0.579. The van der Waals surface area contributed by atoms with Gasteiger partial charge in [0.15, 0.2) is 0 Å². The molecule has 24 heavy (non-hydrogen) atoms. The molecule has 0 saturated carbocycles. The summed E-state index contributed by atoms with van der Waals surface area (Å²) in [6.07, 6.45) is 0.915. The van der Waals surface area contributed by atoms with Crippen LogP contribution in [-0.4, -0.2) is 24.1 Å². The Labute approximate surface area is 144 Å². The lowest BCUT2D eigenvalue weighted by molar-refractivity contribution is -0.139. The normalized spacial score (nSPS) is 12.8. The van der Waals surface area contributed by atoms with Gasteiger partial charge in [0.1, 0.15) is 5.75 Å². The lowest BCUT2D eigenvalue weighted by Gasteiger charge is -2.26. The first-order valence-electron chi connectivity index (χ1n) is 8.28. The average Bonchev–Trinajstić information content (AvgIpc) is 2.43. The lowest BCUT2D eigenvalue weighted by Crippen LogP contribution is -2.33. The number of carboxylic acid groups (broad SMARTS) is 1. The molecular weight excluding hydrogens is 306 g/mol. The van der Waals surface area contributed by atoms with Crippen LogP contribution in [0.25, 0.3) is 0 Å². The minimum Gasteiger partial charge on any atom is -0.496 e. The summed E-state index contributed by atoms with van der Waals surface area (Å²) in [5.41, 5.74) is 0.358. The summed E-state index contributed by atoms with van der Waals surface area (Å²) in [6, 6.07) is 7.49. The van der Waals surface area contributed by atoms with Crippen LogP contribution in [0, 0.1) is 11.3 Å².